The molecule has 7 nitrogen and oxygen atoms in total. The standard InChI is InChI=1S/C28H32N4O3/c1-2-13-32(12-1)14-17-35-27-9-8-25-19-24(27)21-34-16-4-3-15-33-20-22-6-5-7-23(18-22)26-10-11-29-28(30-25)31-26/h3-11,18-19H,1-2,12-17,20-21H2,(H,29,30,31)/b4-3+/i15D2,16D2,17D2,20D2,21D2. The smallest absolute Gasteiger partial charge is 0.227 e. The van der Waals surface area contributed by atoms with Crippen molar-refractivity contribution in [2.24, 2.45) is 0 Å². The predicted octanol–water partition coefficient (Wildman–Crippen LogP) is 4.96. The maximum atomic E-state index is 8.70. The molecular formula is C28H32N4O3. The molecule has 0 amide bonds. The molecule has 0 saturated carbocycles. The fourth-order valence-electron chi connectivity index (χ4n) is 3.68. The molecule has 7 heteroatoms. The highest BCUT2D eigenvalue weighted by Gasteiger charge is 2.13. The largest absolute Gasteiger partial charge is 0.492 e. The van der Waals surface area contributed by atoms with Gasteiger partial charge in [-0.25, -0.2) is 9.97 Å². The zero-order chi connectivity index (χ0) is 32.7. The van der Waals surface area contributed by atoms with Crippen LogP contribution in [0.5, 0.6) is 5.75 Å². The zero-order valence-corrected chi connectivity index (χ0v) is 19.0. The quantitative estimate of drug-likeness (QED) is 0.527. The molecule has 182 valence electrons. The lowest BCUT2D eigenvalue weighted by atomic mass is 10.1. The fraction of sp³-hybridized carbons (Fsp3) is 0.357. The molecule has 0 radical (unpaired) electrons. The molecule has 2 aromatic carbocycles. The maximum Gasteiger partial charge on any atom is 0.227 e. The van der Waals surface area contributed by atoms with Crippen molar-refractivity contribution in [2.45, 2.75) is 26.0 Å². The second-order valence-corrected chi connectivity index (χ2v) is 7.89. The van der Waals surface area contributed by atoms with Crippen LogP contribution >= 0.6 is 0 Å². The van der Waals surface area contributed by atoms with Gasteiger partial charge in [0.1, 0.15) is 12.3 Å². The van der Waals surface area contributed by atoms with Gasteiger partial charge < -0.3 is 19.5 Å². The molecule has 1 aromatic heterocycles. The number of aromatic nitrogens is 2. The van der Waals surface area contributed by atoms with Crippen LogP contribution in [0.15, 0.2) is 66.9 Å². The summed E-state index contributed by atoms with van der Waals surface area (Å²) in [5, 5.41) is 2.97. The lowest BCUT2D eigenvalue weighted by Crippen LogP contribution is -2.25. The van der Waals surface area contributed by atoms with Gasteiger partial charge in [0.25, 0.3) is 0 Å². The lowest BCUT2D eigenvalue weighted by Gasteiger charge is -2.17. The Labute approximate surface area is 220 Å². The summed E-state index contributed by atoms with van der Waals surface area (Å²) in [6.07, 6.45) is 4.53. The molecule has 0 atom stereocenters. The van der Waals surface area contributed by atoms with Gasteiger partial charge in [-0.2, -0.15) is 0 Å². The van der Waals surface area contributed by atoms with Gasteiger partial charge in [0.15, 0.2) is 0 Å². The fourth-order valence-corrected chi connectivity index (χ4v) is 3.68. The Bertz CT molecular complexity index is 1570. The maximum absolute atomic E-state index is 8.70. The van der Waals surface area contributed by atoms with Gasteiger partial charge in [-0.1, -0.05) is 30.4 Å². The number of ether oxygens (including phenoxy) is 3. The number of anilines is 2. The molecule has 0 spiro atoms. The minimum atomic E-state index is -2.95. The lowest BCUT2D eigenvalue weighted by molar-refractivity contribution is 0.138. The van der Waals surface area contributed by atoms with E-state index in [0.717, 1.165) is 12.8 Å². The SMILES string of the molecule is [2H]C1([2H])/C=C/C([2H])([2H])OC([2H])([2H])c2cc(ccc2OC([2H])([2H])CN2CCCC2)Nc2nccc(n2)-c2cccc(c2)C([2H])([2H])O1. The molecule has 5 rings (SSSR count). The van der Waals surface area contributed by atoms with Crippen molar-refractivity contribution < 1.29 is 27.9 Å². The summed E-state index contributed by atoms with van der Waals surface area (Å²) in [6.45, 7) is -12.3. The molecule has 2 aliphatic heterocycles. The van der Waals surface area contributed by atoms with Crippen LogP contribution in [-0.2, 0) is 22.6 Å². The molecule has 0 unspecified atom stereocenters. The molecule has 1 N–H and O–H groups in total. The van der Waals surface area contributed by atoms with Gasteiger partial charge in [0.2, 0.25) is 5.95 Å². The second-order valence-electron chi connectivity index (χ2n) is 7.89. The third-order valence-electron chi connectivity index (χ3n) is 5.39. The van der Waals surface area contributed by atoms with Crippen LogP contribution in [0.1, 0.15) is 37.7 Å². The van der Waals surface area contributed by atoms with Crippen molar-refractivity contribution in [1.29, 1.82) is 0 Å². The van der Waals surface area contributed by atoms with Crippen molar-refractivity contribution in [3.63, 3.8) is 0 Å². The first-order valence-electron chi connectivity index (χ1n) is 16.3. The van der Waals surface area contributed by atoms with Crippen LogP contribution in [0.4, 0.5) is 11.6 Å². The Kier molecular flexibility index (Phi) is 4.89. The molecule has 3 aromatic rings. The highest BCUT2D eigenvalue weighted by Crippen LogP contribution is 2.26. The van der Waals surface area contributed by atoms with E-state index in [1.807, 2.05) is 4.90 Å². The topological polar surface area (TPSA) is 68.7 Å². The number of benzene rings is 2. The van der Waals surface area contributed by atoms with Crippen molar-refractivity contribution in [3.05, 3.63) is 78.0 Å². The molecule has 1 saturated heterocycles. The van der Waals surface area contributed by atoms with Crippen LogP contribution in [0.25, 0.3) is 11.3 Å². The predicted molar refractivity (Wildman–Crippen MR) is 137 cm³/mol. The van der Waals surface area contributed by atoms with Crippen molar-refractivity contribution in [2.75, 3.05) is 44.6 Å². The molecule has 0 aliphatic carbocycles. The Hall–Kier alpha value is -3.26. The number of nitrogens with one attached hydrogen (secondary N) is 1. The average molecular weight is 483 g/mol. The number of nitrogens with zero attached hydrogens (tertiary/aromatic N) is 3. The molecule has 2 aliphatic rings. The Morgan fingerprint density at radius 3 is 2.77 bits per heavy atom. The number of hydrogen-bond donors (Lipinski definition) is 1. The van der Waals surface area contributed by atoms with Crippen LogP contribution in [0.3, 0.4) is 0 Å². The van der Waals surface area contributed by atoms with Crippen LogP contribution in [0, 0.1) is 0 Å². The van der Waals surface area contributed by atoms with Gasteiger partial charge in [-0.05, 0) is 61.8 Å². The molecule has 3 heterocycles. The zero-order valence-electron chi connectivity index (χ0n) is 29.0. The minimum Gasteiger partial charge on any atom is -0.492 e. The summed E-state index contributed by atoms with van der Waals surface area (Å²) in [6, 6.07) is 11.8. The van der Waals surface area contributed by atoms with Crippen molar-refractivity contribution in [3.8, 4) is 17.0 Å². The number of hydrogen-bond acceptors (Lipinski definition) is 7. The van der Waals surface area contributed by atoms with Gasteiger partial charge in [-0.3, -0.25) is 4.90 Å². The van der Waals surface area contributed by atoms with E-state index in [9.17, 15) is 0 Å². The molecule has 35 heavy (non-hydrogen) atoms. The average Bonchev–Trinajstić information content (AvgIpc) is 3.44. The third-order valence-corrected chi connectivity index (χ3v) is 5.39. The van der Waals surface area contributed by atoms with Gasteiger partial charge in [-0.15, -0.1) is 0 Å². The number of fused-ring (bicyclic) bond motifs is 7. The van der Waals surface area contributed by atoms with Gasteiger partial charge in [0, 0.05) is 29.6 Å². The summed E-state index contributed by atoms with van der Waals surface area (Å²) in [5.74, 6) is -0.138. The molecule has 6 bridgehead atoms. The van der Waals surface area contributed by atoms with Crippen LogP contribution in [0.2, 0.25) is 0 Å². The van der Waals surface area contributed by atoms with Crippen LogP contribution < -0.4 is 10.1 Å². The van der Waals surface area contributed by atoms with Gasteiger partial charge >= 0.3 is 0 Å². The normalized spacial score (nSPS) is 28.1. The Morgan fingerprint density at radius 1 is 1.03 bits per heavy atom. The second kappa shape index (κ2) is 11.9. The first-order chi connectivity index (χ1) is 20.9. The highest BCUT2D eigenvalue weighted by molar-refractivity contribution is 5.63. The monoisotopic (exact) mass is 482 g/mol. The molecular weight excluding hydrogens is 440 g/mol. The Morgan fingerprint density at radius 2 is 1.89 bits per heavy atom. The first-order valence-corrected chi connectivity index (χ1v) is 11.3. The summed E-state index contributed by atoms with van der Waals surface area (Å²) in [5.41, 5.74) is 0.765. The number of rotatable bonds is 4. The van der Waals surface area contributed by atoms with E-state index in [4.69, 9.17) is 27.9 Å². The van der Waals surface area contributed by atoms with Crippen LogP contribution in [-0.4, -0.2) is 54.2 Å². The highest BCUT2D eigenvalue weighted by atomic mass is 16.5. The van der Waals surface area contributed by atoms with E-state index < -0.39 is 32.8 Å². The summed E-state index contributed by atoms with van der Waals surface area (Å²) in [7, 11) is 0. The van der Waals surface area contributed by atoms with E-state index in [-0.39, 0.29) is 35.1 Å². The number of likely N-dealkylation sites (tertiary alicyclic amines) is 1. The summed E-state index contributed by atoms with van der Waals surface area (Å²) in [4.78, 5) is 10.6. The first kappa shape index (κ1) is 14.3. The minimum absolute atomic E-state index is 0.0214. The van der Waals surface area contributed by atoms with E-state index in [0.29, 0.717) is 36.5 Å². The molecule has 1 fully saturated rings. The van der Waals surface area contributed by atoms with E-state index in [1.54, 1.807) is 18.2 Å². The van der Waals surface area contributed by atoms with E-state index >= 15 is 0 Å². The van der Waals surface area contributed by atoms with Crippen molar-refractivity contribution >= 4 is 11.6 Å². The Balaban J connectivity index is 1.59. The van der Waals surface area contributed by atoms with Crippen molar-refractivity contribution in [1.82, 2.24) is 14.9 Å². The van der Waals surface area contributed by atoms with E-state index in [2.05, 4.69) is 15.3 Å². The third kappa shape index (κ3) is 6.66. The van der Waals surface area contributed by atoms with E-state index in [1.165, 1.54) is 36.5 Å². The van der Waals surface area contributed by atoms with Gasteiger partial charge in [0.05, 0.1) is 45.6 Å². The summed E-state index contributed by atoms with van der Waals surface area (Å²) >= 11 is 0. The summed E-state index contributed by atoms with van der Waals surface area (Å²) < 4.78 is 100.